The Labute approximate surface area is 132 Å². The first-order valence-corrected chi connectivity index (χ1v) is 8.38. The van der Waals surface area contributed by atoms with E-state index in [2.05, 4.69) is 67.8 Å². The predicted octanol–water partition coefficient (Wildman–Crippen LogP) is 5.99. The van der Waals surface area contributed by atoms with Gasteiger partial charge in [0.2, 0.25) is 0 Å². The van der Waals surface area contributed by atoms with Gasteiger partial charge in [-0.1, -0.05) is 37.6 Å². The van der Waals surface area contributed by atoms with Crippen molar-refractivity contribution < 1.29 is 0 Å². The lowest BCUT2D eigenvalue weighted by atomic mass is 9.80. The molecule has 2 heterocycles. The number of benzene rings is 1. The number of aryl methyl sites for hydroxylation is 1. The minimum absolute atomic E-state index is 0.575. The number of hydrogen-bond acceptors (Lipinski definition) is 0. The van der Waals surface area contributed by atoms with Crippen LogP contribution in [0.5, 0.6) is 0 Å². The van der Waals surface area contributed by atoms with E-state index in [0.29, 0.717) is 5.92 Å². The Bertz CT molecular complexity index is 887. The highest BCUT2D eigenvalue weighted by molar-refractivity contribution is 6.03. The van der Waals surface area contributed by atoms with Gasteiger partial charge >= 0.3 is 0 Å². The Kier molecular flexibility index (Phi) is 3.11. The van der Waals surface area contributed by atoms with Crippen LogP contribution in [0.2, 0.25) is 0 Å². The Morgan fingerprint density at radius 3 is 2.55 bits per heavy atom. The largest absolute Gasteiger partial charge is 0.316 e. The van der Waals surface area contributed by atoms with Gasteiger partial charge in [0, 0.05) is 17.1 Å². The van der Waals surface area contributed by atoms with Gasteiger partial charge in [0.15, 0.2) is 0 Å². The summed E-state index contributed by atoms with van der Waals surface area (Å²) in [5.74, 6) is 0.575. The molecule has 0 N–H and O–H groups in total. The van der Waals surface area contributed by atoms with Gasteiger partial charge in [-0.25, -0.2) is 0 Å². The Balaban J connectivity index is 2.15. The molecule has 3 aromatic rings. The first-order valence-electron chi connectivity index (χ1n) is 8.38. The van der Waals surface area contributed by atoms with Gasteiger partial charge in [-0.15, -0.1) is 0 Å². The third kappa shape index (κ3) is 1.92. The van der Waals surface area contributed by atoms with E-state index >= 15 is 0 Å². The van der Waals surface area contributed by atoms with Crippen LogP contribution >= 0.6 is 0 Å². The molecule has 0 saturated heterocycles. The lowest BCUT2D eigenvalue weighted by Gasteiger charge is -2.25. The predicted molar refractivity (Wildman–Crippen MR) is 95.2 cm³/mol. The minimum Gasteiger partial charge on any atom is -0.316 e. The fraction of sp³-hybridized carbons (Fsp3) is 0.333. The molecule has 0 atom stereocenters. The SMILES string of the molecule is Cc1ccc2c(C(=C3CCC3)C(C)C)c3ccccn3c2c1. The van der Waals surface area contributed by atoms with Crippen LogP contribution in [0.25, 0.3) is 22.0 Å². The third-order valence-corrected chi connectivity index (χ3v) is 4.98. The van der Waals surface area contributed by atoms with Gasteiger partial charge in [0.1, 0.15) is 0 Å². The second kappa shape index (κ2) is 5.01. The molecule has 2 aromatic heterocycles. The molecule has 1 nitrogen and oxygen atoms in total. The molecule has 0 radical (unpaired) electrons. The van der Waals surface area contributed by atoms with E-state index in [1.807, 2.05) is 0 Å². The summed E-state index contributed by atoms with van der Waals surface area (Å²) in [5, 5.41) is 1.40. The molecule has 1 heteroatoms. The van der Waals surface area contributed by atoms with Crippen molar-refractivity contribution in [2.24, 2.45) is 5.92 Å². The first-order chi connectivity index (χ1) is 10.7. The molecule has 0 aliphatic heterocycles. The highest BCUT2D eigenvalue weighted by Gasteiger charge is 2.23. The molecule has 22 heavy (non-hydrogen) atoms. The quantitative estimate of drug-likeness (QED) is 0.545. The lowest BCUT2D eigenvalue weighted by molar-refractivity contribution is 0.652. The zero-order valence-corrected chi connectivity index (χ0v) is 13.7. The topological polar surface area (TPSA) is 4.41 Å². The van der Waals surface area contributed by atoms with Crippen LogP contribution in [-0.4, -0.2) is 4.40 Å². The van der Waals surface area contributed by atoms with E-state index in [9.17, 15) is 0 Å². The van der Waals surface area contributed by atoms with Crippen LogP contribution in [0.4, 0.5) is 0 Å². The second-order valence-electron chi connectivity index (χ2n) is 6.88. The molecule has 4 rings (SSSR count). The van der Waals surface area contributed by atoms with Crippen LogP contribution in [0.3, 0.4) is 0 Å². The standard InChI is InChI=1S/C21H23N/c1-14(2)20(16-7-6-8-16)21-17-11-10-15(3)13-19(17)22-12-5-4-9-18(21)22/h4-5,9-14H,6-8H2,1-3H3. The molecule has 112 valence electrons. The first kappa shape index (κ1) is 13.6. The van der Waals surface area contributed by atoms with Crippen molar-refractivity contribution in [3.8, 4) is 0 Å². The van der Waals surface area contributed by atoms with E-state index < -0.39 is 0 Å². The van der Waals surface area contributed by atoms with Gasteiger partial charge < -0.3 is 4.40 Å². The van der Waals surface area contributed by atoms with E-state index in [4.69, 9.17) is 0 Å². The molecule has 1 aliphatic rings. The molecule has 0 amide bonds. The summed E-state index contributed by atoms with van der Waals surface area (Å²) in [7, 11) is 0. The maximum Gasteiger partial charge on any atom is 0.0537 e. The number of rotatable bonds is 2. The van der Waals surface area contributed by atoms with Gasteiger partial charge in [0.05, 0.1) is 11.0 Å². The fourth-order valence-corrected chi connectivity index (χ4v) is 3.83. The lowest BCUT2D eigenvalue weighted by Crippen LogP contribution is -2.06. The Hall–Kier alpha value is -2.02. The van der Waals surface area contributed by atoms with Crippen LogP contribution in [0, 0.1) is 12.8 Å². The highest BCUT2D eigenvalue weighted by Crippen LogP contribution is 2.42. The van der Waals surface area contributed by atoms with Gasteiger partial charge in [-0.2, -0.15) is 0 Å². The number of pyridine rings is 1. The zero-order valence-electron chi connectivity index (χ0n) is 13.7. The Morgan fingerprint density at radius 2 is 1.86 bits per heavy atom. The maximum absolute atomic E-state index is 2.36. The molecule has 0 spiro atoms. The van der Waals surface area contributed by atoms with Crippen molar-refractivity contribution in [1.82, 2.24) is 4.40 Å². The minimum atomic E-state index is 0.575. The van der Waals surface area contributed by atoms with Crippen LogP contribution in [-0.2, 0) is 0 Å². The molecular weight excluding hydrogens is 266 g/mol. The third-order valence-electron chi connectivity index (χ3n) is 4.98. The number of allylic oxidation sites excluding steroid dienone is 2. The average molecular weight is 289 g/mol. The van der Waals surface area contributed by atoms with Crippen molar-refractivity contribution in [3.05, 3.63) is 59.3 Å². The number of aromatic nitrogens is 1. The van der Waals surface area contributed by atoms with Crippen LogP contribution < -0.4 is 0 Å². The number of hydrogen-bond donors (Lipinski definition) is 0. The average Bonchev–Trinajstić information content (AvgIpc) is 2.76. The van der Waals surface area contributed by atoms with Crippen molar-refractivity contribution >= 4 is 22.0 Å². The molecular formula is C21H23N. The van der Waals surface area contributed by atoms with E-state index in [0.717, 1.165) is 0 Å². The van der Waals surface area contributed by atoms with E-state index in [1.165, 1.54) is 46.8 Å². The summed E-state index contributed by atoms with van der Waals surface area (Å²) in [4.78, 5) is 0. The molecule has 1 aliphatic carbocycles. The summed E-state index contributed by atoms with van der Waals surface area (Å²) < 4.78 is 2.36. The molecule has 1 fully saturated rings. The highest BCUT2D eigenvalue weighted by atomic mass is 14.9. The summed E-state index contributed by atoms with van der Waals surface area (Å²) in [6, 6.07) is 13.4. The smallest absolute Gasteiger partial charge is 0.0537 e. The Morgan fingerprint density at radius 1 is 1.05 bits per heavy atom. The van der Waals surface area contributed by atoms with Crippen molar-refractivity contribution in [2.75, 3.05) is 0 Å². The second-order valence-corrected chi connectivity index (χ2v) is 6.88. The van der Waals surface area contributed by atoms with Gasteiger partial charge in [-0.05, 0) is 61.4 Å². The van der Waals surface area contributed by atoms with Gasteiger partial charge in [-0.3, -0.25) is 0 Å². The van der Waals surface area contributed by atoms with Crippen molar-refractivity contribution in [1.29, 1.82) is 0 Å². The molecule has 0 unspecified atom stereocenters. The number of fused-ring (bicyclic) bond motifs is 3. The summed E-state index contributed by atoms with van der Waals surface area (Å²) >= 11 is 0. The molecule has 0 bridgehead atoms. The molecule has 1 saturated carbocycles. The monoisotopic (exact) mass is 289 g/mol. The number of nitrogens with zero attached hydrogens (tertiary/aromatic N) is 1. The van der Waals surface area contributed by atoms with Crippen molar-refractivity contribution in [3.63, 3.8) is 0 Å². The fourth-order valence-electron chi connectivity index (χ4n) is 3.83. The van der Waals surface area contributed by atoms with Crippen molar-refractivity contribution in [2.45, 2.75) is 40.0 Å². The summed E-state index contributed by atoms with van der Waals surface area (Å²) in [6.07, 6.45) is 6.12. The van der Waals surface area contributed by atoms with E-state index in [-0.39, 0.29) is 0 Å². The molecule has 1 aromatic carbocycles. The van der Waals surface area contributed by atoms with E-state index in [1.54, 1.807) is 11.1 Å². The van der Waals surface area contributed by atoms with Gasteiger partial charge in [0.25, 0.3) is 0 Å². The summed E-state index contributed by atoms with van der Waals surface area (Å²) in [6.45, 7) is 6.86. The summed E-state index contributed by atoms with van der Waals surface area (Å²) in [5.41, 5.74) is 8.75. The normalized spacial score (nSPS) is 14.8. The van der Waals surface area contributed by atoms with Crippen LogP contribution in [0.1, 0.15) is 44.2 Å². The van der Waals surface area contributed by atoms with Crippen LogP contribution in [0.15, 0.2) is 48.2 Å². The maximum atomic E-state index is 2.36. The zero-order chi connectivity index (χ0) is 15.3.